The van der Waals surface area contributed by atoms with Gasteiger partial charge >= 0.3 is 6.01 Å². The fraction of sp³-hybridized carbons (Fsp3) is 0.400. The topological polar surface area (TPSA) is 77.8 Å². The Balaban J connectivity index is 2.39. The lowest BCUT2D eigenvalue weighted by molar-refractivity contribution is 0.311. The Morgan fingerprint density at radius 2 is 2.17 bits per heavy atom. The summed E-state index contributed by atoms with van der Waals surface area (Å²) in [6, 6.07) is 0.282. The SMILES string of the molecule is CCNc1nc(OCC)nc(-n2cc(Br)cn2)n1. The van der Waals surface area contributed by atoms with Crippen molar-refractivity contribution in [3.8, 4) is 12.0 Å². The predicted molar refractivity (Wildman–Crippen MR) is 70.0 cm³/mol. The third kappa shape index (κ3) is 2.95. The first kappa shape index (κ1) is 12.7. The molecule has 0 aliphatic carbocycles. The highest BCUT2D eigenvalue weighted by atomic mass is 79.9. The fourth-order valence-electron chi connectivity index (χ4n) is 1.29. The van der Waals surface area contributed by atoms with Crippen molar-refractivity contribution in [1.82, 2.24) is 24.7 Å². The number of rotatable bonds is 5. The lowest BCUT2D eigenvalue weighted by Gasteiger charge is -2.07. The van der Waals surface area contributed by atoms with E-state index < -0.39 is 0 Å². The van der Waals surface area contributed by atoms with Crippen LogP contribution in [-0.2, 0) is 0 Å². The molecule has 0 bridgehead atoms. The Labute approximate surface area is 113 Å². The van der Waals surface area contributed by atoms with E-state index in [0.29, 0.717) is 18.5 Å². The number of anilines is 1. The summed E-state index contributed by atoms with van der Waals surface area (Å²) in [6.07, 6.45) is 3.43. The van der Waals surface area contributed by atoms with Crippen molar-refractivity contribution >= 4 is 21.9 Å². The second kappa shape index (κ2) is 5.76. The Morgan fingerprint density at radius 1 is 1.33 bits per heavy atom. The molecule has 7 nitrogen and oxygen atoms in total. The second-order valence-corrected chi connectivity index (χ2v) is 4.22. The number of nitrogens with zero attached hydrogens (tertiary/aromatic N) is 5. The molecule has 2 aromatic rings. The average molecular weight is 313 g/mol. The molecule has 0 aliphatic rings. The monoisotopic (exact) mass is 312 g/mol. The maximum Gasteiger partial charge on any atom is 0.323 e. The fourth-order valence-corrected chi connectivity index (χ4v) is 1.57. The molecular formula is C10H13BrN6O. The Hall–Kier alpha value is -1.70. The zero-order valence-electron chi connectivity index (χ0n) is 10.1. The molecule has 1 N–H and O–H groups in total. The minimum Gasteiger partial charge on any atom is -0.464 e. The standard InChI is InChI=1S/C10H13BrN6O/c1-3-12-8-14-9(16-10(15-8)18-4-2)17-6-7(11)5-13-17/h5-6H,3-4H2,1-2H3,(H,12,14,15,16). The Morgan fingerprint density at radius 3 is 2.78 bits per heavy atom. The number of aromatic nitrogens is 5. The summed E-state index contributed by atoms with van der Waals surface area (Å²) in [6.45, 7) is 5.06. The van der Waals surface area contributed by atoms with Gasteiger partial charge in [0.25, 0.3) is 5.95 Å². The van der Waals surface area contributed by atoms with E-state index in [1.807, 2.05) is 13.8 Å². The van der Waals surface area contributed by atoms with Crippen molar-refractivity contribution in [3.63, 3.8) is 0 Å². The molecule has 0 unspecified atom stereocenters. The van der Waals surface area contributed by atoms with E-state index in [-0.39, 0.29) is 6.01 Å². The first-order valence-electron chi connectivity index (χ1n) is 5.56. The van der Waals surface area contributed by atoms with Crippen LogP contribution in [0.2, 0.25) is 0 Å². The smallest absolute Gasteiger partial charge is 0.323 e. The molecule has 2 rings (SSSR count). The van der Waals surface area contributed by atoms with E-state index in [2.05, 4.69) is 41.3 Å². The van der Waals surface area contributed by atoms with E-state index in [1.165, 1.54) is 0 Å². The average Bonchev–Trinajstić information content (AvgIpc) is 2.76. The van der Waals surface area contributed by atoms with Crippen LogP contribution in [0.1, 0.15) is 13.8 Å². The van der Waals surface area contributed by atoms with E-state index >= 15 is 0 Å². The van der Waals surface area contributed by atoms with Crippen LogP contribution >= 0.6 is 15.9 Å². The number of nitrogens with one attached hydrogen (secondary N) is 1. The highest BCUT2D eigenvalue weighted by Crippen LogP contribution is 2.13. The number of ether oxygens (including phenoxy) is 1. The van der Waals surface area contributed by atoms with Gasteiger partial charge in [0.2, 0.25) is 5.95 Å². The van der Waals surface area contributed by atoms with Gasteiger partial charge in [0, 0.05) is 12.7 Å². The molecule has 18 heavy (non-hydrogen) atoms. The summed E-state index contributed by atoms with van der Waals surface area (Å²) in [5.74, 6) is 0.882. The van der Waals surface area contributed by atoms with Crippen molar-refractivity contribution in [3.05, 3.63) is 16.9 Å². The molecule has 96 valence electrons. The van der Waals surface area contributed by atoms with Gasteiger partial charge in [-0.3, -0.25) is 0 Å². The Bertz CT molecular complexity index is 505. The van der Waals surface area contributed by atoms with Gasteiger partial charge in [0.15, 0.2) is 0 Å². The number of hydrogen-bond donors (Lipinski definition) is 1. The van der Waals surface area contributed by atoms with Crippen LogP contribution in [-0.4, -0.2) is 37.9 Å². The van der Waals surface area contributed by atoms with Crippen molar-refractivity contribution < 1.29 is 4.74 Å². The third-order valence-corrected chi connectivity index (χ3v) is 2.38. The molecule has 0 saturated heterocycles. The molecule has 2 heterocycles. The van der Waals surface area contributed by atoms with Crippen molar-refractivity contribution in [2.45, 2.75) is 13.8 Å². The van der Waals surface area contributed by atoms with Crippen LogP contribution < -0.4 is 10.1 Å². The molecule has 0 fully saturated rings. The van der Waals surface area contributed by atoms with E-state index in [4.69, 9.17) is 4.74 Å². The molecule has 8 heteroatoms. The van der Waals surface area contributed by atoms with E-state index in [1.54, 1.807) is 17.1 Å². The van der Waals surface area contributed by atoms with E-state index in [0.717, 1.165) is 11.0 Å². The molecule has 2 aromatic heterocycles. The van der Waals surface area contributed by atoms with Gasteiger partial charge in [-0.15, -0.1) is 0 Å². The highest BCUT2D eigenvalue weighted by molar-refractivity contribution is 9.10. The van der Waals surface area contributed by atoms with Crippen LogP contribution in [0, 0.1) is 0 Å². The summed E-state index contributed by atoms with van der Waals surface area (Å²) in [4.78, 5) is 12.6. The normalized spacial score (nSPS) is 10.4. The first-order valence-corrected chi connectivity index (χ1v) is 6.35. The van der Waals surface area contributed by atoms with Gasteiger partial charge in [-0.1, -0.05) is 0 Å². The quantitative estimate of drug-likeness (QED) is 0.904. The molecule has 0 amide bonds. The van der Waals surface area contributed by atoms with Crippen LogP contribution in [0.15, 0.2) is 16.9 Å². The lowest BCUT2D eigenvalue weighted by Crippen LogP contribution is -2.11. The molecule has 0 aliphatic heterocycles. The van der Waals surface area contributed by atoms with Gasteiger partial charge < -0.3 is 10.1 Å². The second-order valence-electron chi connectivity index (χ2n) is 3.31. The summed E-state index contributed by atoms with van der Waals surface area (Å²) < 4.78 is 7.71. The highest BCUT2D eigenvalue weighted by Gasteiger charge is 2.09. The minimum atomic E-state index is 0.282. The summed E-state index contributed by atoms with van der Waals surface area (Å²) in [5.41, 5.74) is 0. The zero-order chi connectivity index (χ0) is 13.0. The molecule has 0 radical (unpaired) electrons. The summed E-state index contributed by atoms with van der Waals surface area (Å²) in [5, 5.41) is 7.15. The van der Waals surface area contributed by atoms with Crippen molar-refractivity contribution in [2.24, 2.45) is 0 Å². The van der Waals surface area contributed by atoms with Crippen molar-refractivity contribution in [2.75, 3.05) is 18.5 Å². The number of hydrogen-bond acceptors (Lipinski definition) is 6. The van der Waals surface area contributed by atoms with Gasteiger partial charge in [-0.25, -0.2) is 4.68 Å². The minimum absolute atomic E-state index is 0.282. The molecular weight excluding hydrogens is 300 g/mol. The van der Waals surface area contributed by atoms with E-state index in [9.17, 15) is 0 Å². The Kier molecular flexibility index (Phi) is 4.08. The van der Waals surface area contributed by atoms with Crippen molar-refractivity contribution in [1.29, 1.82) is 0 Å². The van der Waals surface area contributed by atoms with Crippen LogP contribution in [0.4, 0.5) is 5.95 Å². The maximum atomic E-state index is 5.31. The van der Waals surface area contributed by atoms with Crippen LogP contribution in [0.5, 0.6) is 6.01 Å². The molecule has 0 aromatic carbocycles. The first-order chi connectivity index (χ1) is 8.72. The van der Waals surface area contributed by atoms with Crippen LogP contribution in [0.3, 0.4) is 0 Å². The van der Waals surface area contributed by atoms with Gasteiger partial charge in [-0.05, 0) is 29.8 Å². The zero-order valence-corrected chi connectivity index (χ0v) is 11.7. The predicted octanol–water partition coefficient (Wildman–Crippen LogP) is 1.65. The van der Waals surface area contributed by atoms with Gasteiger partial charge in [-0.2, -0.15) is 20.1 Å². The molecule has 0 saturated carbocycles. The number of halogens is 1. The van der Waals surface area contributed by atoms with Gasteiger partial charge in [0.05, 0.1) is 17.3 Å². The summed E-state index contributed by atoms with van der Waals surface area (Å²) >= 11 is 3.33. The molecule has 0 spiro atoms. The molecule has 0 atom stereocenters. The third-order valence-electron chi connectivity index (χ3n) is 1.97. The maximum absolute atomic E-state index is 5.31. The summed E-state index contributed by atoms with van der Waals surface area (Å²) in [7, 11) is 0. The van der Waals surface area contributed by atoms with Gasteiger partial charge in [0.1, 0.15) is 0 Å². The largest absolute Gasteiger partial charge is 0.464 e. The van der Waals surface area contributed by atoms with Crippen LogP contribution in [0.25, 0.3) is 5.95 Å². The lowest BCUT2D eigenvalue weighted by atomic mass is 10.7.